The van der Waals surface area contributed by atoms with Crippen LogP contribution in [0.15, 0.2) is 36.4 Å². The number of carbonyl (C=O) groups is 1. The molecule has 3 rings (SSSR count). The van der Waals surface area contributed by atoms with Crippen LogP contribution in [0.2, 0.25) is 0 Å². The predicted molar refractivity (Wildman–Crippen MR) is 89.4 cm³/mol. The molecule has 0 saturated carbocycles. The fraction of sp³-hybridized carbons (Fsp3) is 0.526. The molecule has 4 heteroatoms. The van der Waals surface area contributed by atoms with Crippen LogP contribution in [0.3, 0.4) is 0 Å². The first-order chi connectivity index (χ1) is 11.2. The average Bonchev–Trinajstić information content (AvgIpc) is 2.72. The quantitative estimate of drug-likeness (QED) is 0.796. The molecule has 0 N–H and O–H groups in total. The molecule has 0 radical (unpaired) electrons. The van der Waals surface area contributed by atoms with E-state index in [2.05, 4.69) is 17.1 Å². The monoisotopic (exact) mass is 316 g/mol. The minimum Gasteiger partial charge on any atom is -0.337 e. The van der Waals surface area contributed by atoms with Gasteiger partial charge in [-0.1, -0.05) is 24.3 Å². The zero-order valence-electron chi connectivity index (χ0n) is 13.6. The van der Waals surface area contributed by atoms with Crippen molar-refractivity contribution in [2.45, 2.75) is 32.2 Å². The van der Waals surface area contributed by atoms with Crippen LogP contribution in [-0.4, -0.2) is 41.9 Å². The van der Waals surface area contributed by atoms with Crippen LogP contribution in [0.1, 0.15) is 31.2 Å². The standard InChI is InChI=1S/C19H25FN2O/c20-18-8-4-7-17(13-18)15-22-12-11-21(10-9-19(22)23)14-16-5-2-1-3-6-16/h1-2,4,7-8,13,16H,3,5-6,9-12,14-15H2/t16-/m0/s1. The summed E-state index contributed by atoms with van der Waals surface area (Å²) >= 11 is 0. The van der Waals surface area contributed by atoms with E-state index in [0.29, 0.717) is 13.0 Å². The smallest absolute Gasteiger partial charge is 0.224 e. The predicted octanol–water partition coefficient (Wildman–Crippen LogP) is 3.22. The molecule has 124 valence electrons. The van der Waals surface area contributed by atoms with Crippen molar-refractivity contribution in [3.05, 3.63) is 47.8 Å². The van der Waals surface area contributed by atoms with Gasteiger partial charge < -0.3 is 9.80 Å². The number of nitrogens with zero attached hydrogens (tertiary/aromatic N) is 2. The van der Waals surface area contributed by atoms with E-state index in [1.165, 1.54) is 25.0 Å². The van der Waals surface area contributed by atoms with Crippen molar-refractivity contribution in [3.8, 4) is 0 Å². The number of hydrogen-bond acceptors (Lipinski definition) is 2. The van der Waals surface area contributed by atoms with Gasteiger partial charge in [-0.2, -0.15) is 0 Å². The molecular weight excluding hydrogens is 291 g/mol. The summed E-state index contributed by atoms with van der Waals surface area (Å²) in [7, 11) is 0. The molecule has 1 heterocycles. The van der Waals surface area contributed by atoms with E-state index < -0.39 is 0 Å². The van der Waals surface area contributed by atoms with Crippen molar-refractivity contribution in [1.82, 2.24) is 9.80 Å². The molecule has 0 spiro atoms. The van der Waals surface area contributed by atoms with E-state index in [1.807, 2.05) is 11.0 Å². The van der Waals surface area contributed by atoms with Gasteiger partial charge in [-0.25, -0.2) is 4.39 Å². The van der Waals surface area contributed by atoms with Crippen molar-refractivity contribution >= 4 is 5.91 Å². The highest BCUT2D eigenvalue weighted by atomic mass is 19.1. The number of amides is 1. The second-order valence-electron chi connectivity index (χ2n) is 6.65. The van der Waals surface area contributed by atoms with Crippen LogP contribution in [0.5, 0.6) is 0 Å². The van der Waals surface area contributed by atoms with E-state index in [9.17, 15) is 9.18 Å². The lowest BCUT2D eigenvalue weighted by molar-refractivity contribution is -0.130. The zero-order chi connectivity index (χ0) is 16.1. The molecule has 1 aromatic rings. The molecule has 1 aliphatic carbocycles. The van der Waals surface area contributed by atoms with Crippen molar-refractivity contribution in [2.24, 2.45) is 5.92 Å². The van der Waals surface area contributed by atoms with Gasteiger partial charge in [0.15, 0.2) is 0 Å². The largest absolute Gasteiger partial charge is 0.337 e. The van der Waals surface area contributed by atoms with Crippen LogP contribution in [0, 0.1) is 11.7 Å². The summed E-state index contributed by atoms with van der Waals surface area (Å²) in [5.74, 6) is 0.668. The first kappa shape index (κ1) is 16.2. The maximum atomic E-state index is 13.3. The fourth-order valence-corrected chi connectivity index (χ4v) is 3.50. The minimum atomic E-state index is -0.239. The van der Waals surface area contributed by atoms with Gasteiger partial charge >= 0.3 is 0 Å². The molecule has 1 aromatic carbocycles. The van der Waals surface area contributed by atoms with Gasteiger partial charge in [0.1, 0.15) is 5.82 Å². The first-order valence-electron chi connectivity index (χ1n) is 8.60. The third-order valence-electron chi connectivity index (χ3n) is 4.84. The summed E-state index contributed by atoms with van der Waals surface area (Å²) in [6.07, 6.45) is 8.73. The zero-order valence-corrected chi connectivity index (χ0v) is 13.6. The maximum absolute atomic E-state index is 13.3. The number of hydrogen-bond donors (Lipinski definition) is 0. The molecule has 1 fully saturated rings. The molecule has 0 unspecified atom stereocenters. The van der Waals surface area contributed by atoms with Crippen molar-refractivity contribution in [3.63, 3.8) is 0 Å². The number of halogens is 1. The fourth-order valence-electron chi connectivity index (χ4n) is 3.50. The third-order valence-corrected chi connectivity index (χ3v) is 4.84. The molecule has 0 aromatic heterocycles. The molecule has 2 aliphatic rings. The number of allylic oxidation sites excluding steroid dienone is 2. The number of carbonyl (C=O) groups excluding carboxylic acids is 1. The SMILES string of the molecule is O=C1CCN(C[C@H]2CC=CCC2)CCN1Cc1cccc(F)c1. The highest BCUT2D eigenvalue weighted by Gasteiger charge is 2.23. The van der Waals surface area contributed by atoms with Gasteiger partial charge in [0, 0.05) is 39.1 Å². The van der Waals surface area contributed by atoms with E-state index in [1.54, 1.807) is 6.07 Å². The topological polar surface area (TPSA) is 23.6 Å². The first-order valence-corrected chi connectivity index (χ1v) is 8.60. The van der Waals surface area contributed by atoms with Crippen molar-refractivity contribution < 1.29 is 9.18 Å². The second kappa shape index (κ2) is 7.73. The molecular formula is C19H25FN2O. The van der Waals surface area contributed by atoms with Gasteiger partial charge in [-0.3, -0.25) is 4.79 Å². The van der Waals surface area contributed by atoms with Crippen LogP contribution < -0.4 is 0 Å². The summed E-state index contributed by atoms with van der Waals surface area (Å²) < 4.78 is 13.3. The normalized spacial score (nSPS) is 23.1. The van der Waals surface area contributed by atoms with Gasteiger partial charge in [0.2, 0.25) is 5.91 Å². The van der Waals surface area contributed by atoms with Crippen molar-refractivity contribution in [1.29, 1.82) is 0 Å². The Hall–Kier alpha value is -1.68. The van der Waals surface area contributed by atoms with Crippen LogP contribution >= 0.6 is 0 Å². The van der Waals surface area contributed by atoms with Crippen LogP contribution in [-0.2, 0) is 11.3 Å². The van der Waals surface area contributed by atoms with Crippen molar-refractivity contribution in [2.75, 3.05) is 26.2 Å². The Morgan fingerprint density at radius 3 is 2.87 bits per heavy atom. The van der Waals surface area contributed by atoms with Gasteiger partial charge in [-0.15, -0.1) is 0 Å². The van der Waals surface area contributed by atoms with E-state index >= 15 is 0 Å². The summed E-state index contributed by atoms with van der Waals surface area (Å²) in [6.45, 7) is 4.10. The van der Waals surface area contributed by atoms with Crippen LogP contribution in [0.4, 0.5) is 4.39 Å². The summed E-state index contributed by atoms with van der Waals surface area (Å²) in [5.41, 5.74) is 0.865. The summed E-state index contributed by atoms with van der Waals surface area (Å²) in [4.78, 5) is 16.6. The Balaban J connectivity index is 1.55. The third kappa shape index (κ3) is 4.64. The number of benzene rings is 1. The van der Waals surface area contributed by atoms with Gasteiger partial charge in [0.05, 0.1) is 0 Å². The van der Waals surface area contributed by atoms with Gasteiger partial charge in [-0.05, 0) is 42.9 Å². The molecule has 23 heavy (non-hydrogen) atoms. The Morgan fingerprint density at radius 1 is 1.17 bits per heavy atom. The van der Waals surface area contributed by atoms with E-state index in [4.69, 9.17) is 0 Å². The molecule has 1 atom stereocenters. The molecule has 0 bridgehead atoms. The maximum Gasteiger partial charge on any atom is 0.224 e. The van der Waals surface area contributed by atoms with E-state index in [0.717, 1.165) is 44.1 Å². The average molecular weight is 316 g/mol. The highest BCUT2D eigenvalue weighted by molar-refractivity contribution is 5.76. The minimum absolute atomic E-state index is 0.181. The van der Waals surface area contributed by atoms with E-state index in [-0.39, 0.29) is 11.7 Å². The molecule has 1 amide bonds. The van der Waals surface area contributed by atoms with Gasteiger partial charge in [0.25, 0.3) is 0 Å². The second-order valence-corrected chi connectivity index (χ2v) is 6.65. The lowest BCUT2D eigenvalue weighted by atomic mass is 9.94. The Bertz CT molecular complexity index is 572. The Labute approximate surface area is 137 Å². The molecule has 1 aliphatic heterocycles. The lowest BCUT2D eigenvalue weighted by Crippen LogP contribution is -2.35. The molecule has 1 saturated heterocycles. The number of rotatable bonds is 4. The molecule has 3 nitrogen and oxygen atoms in total. The summed E-state index contributed by atoms with van der Waals surface area (Å²) in [5, 5.41) is 0. The summed E-state index contributed by atoms with van der Waals surface area (Å²) in [6, 6.07) is 6.54. The lowest BCUT2D eigenvalue weighted by Gasteiger charge is -2.27. The van der Waals surface area contributed by atoms with Crippen LogP contribution in [0.25, 0.3) is 0 Å². The Morgan fingerprint density at radius 2 is 2.09 bits per heavy atom. The highest BCUT2D eigenvalue weighted by Crippen LogP contribution is 2.20. The Kier molecular flexibility index (Phi) is 5.44.